The summed E-state index contributed by atoms with van der Waals surface area (Å²) < 4.78 is 1.35. The molecule has 0 atom stereocenters. The molecule has 2 aromatic heterocycles. The van der Waals surface area contributed by atoms with Gasteiger partial charge in [-0.1, -0.05) is 0 Å². The highest BCUT2D eigenvalue weighted by atomic mass is 32.2. The molecule has 0 saturated heterocycles. The van der Waals surface area contributed by atoms with E-state index in [-0.39, 0.29) is 11.5 Å². The lowest BCUT2D eigenvalue weighted by Crippen LogP contribution is -2.15. The van der Waals surface area contributed by atoms with Crippen LogP contribution in [0.15, 0.2) is 21.2 Å². The molecule has 0 aromatic carbocycles. The Labute approximate surface area is 106 Å². The van der Waals surface area contributed by atoms with Crippen molar-refractivity contribution in [1.82, 2.24) is 24.7 Å². The Morgan fingerprint density at radius 2 is 2.28 bits per heavy atom. The van der Waals surface area contributed by atoms with Gasteiger partial charge in [0.25, 0.3) is 0 Å². The van der Waals surface area contributed by atoms with Crippen molar-refractivity contribution in [3.05, 3.63) is 27.9 Å². The Morgan fingerprint density at radius 3 is 2.83 bits per heavy atom. The molecule has 0 aliphatic rings. The van der Waals surface area contributed by atoms with Gasteiger partial charge < -0.3 is 5.73 Å². The van der Waals surface area contributed by atoms with Gasteiger partial charge >= 0.3 is 5.69 Å². The zero-order valence-corrected chi connectivity index (χ0v) is 10.6. The Balaban J connectivity index is 2.37. The van der Waals surface area contributed by atoms with E-state index in [9.17, 15) is 4.79 Å². The van der Waals surface area contributed by atoms with E-state index in [0.29, 0.717) is 21.7 Å². The van der Waals surface area contributed by atoms with E-state index in [0.717, 1.165) is 11.8 Å². The smallest absolute Gasteiger partial charge is 0.343 e. The first-order chi connectivity index (χ1) is 8.47. The summed E-state index contributed by atoms with van der Waals surface area (Å²) in [5.41, 5.74) is 6.12. The number of nitrogens with one attached hydrogen (secondary N) is 2. The molecule has 18 heavy (non-hydrogen) atoms. The lowest BCUT2D eigenvalue weighted by Gasteiger charge is -2.03. The van der Waals surface area contributed by atoms with Crippen LogP contribution < -0.4 is 11.4 Å². The number of hydrogen-bond acceptors (Lipinski definition) is 6. The van der Waals surface area contributed by atoms with Crippen LogP contribution in [0.4, 0.5) is 0 Å². The standard InChI is InChI=1S/C9H11N7OS/c1-4-3-5(6(10)11)13-7(12-4)18-9-15-14-8(17)16(9)2/h3H,1-2H3,(H3,10,11)(H,14,17). The molecule has 0 saturated carbocycles. The van der Waals surface area contributed by atoms with Crippen LogP contribution in [0.25, 0.3) is 0 Å². The highest BCUT2D eigenvalue weighted by molar-refractivity contribution is 7.99. The van der Waals surface area contributed by atoms with Crippen LogP contribution in [0, 0.1) is 12.3 Å². The number of aryl methyl sites for hydroxylation is 1. The minimum atomic E-state index is -0.308. The number of rotatable bonds is 3. The summed E-state index contributed by atoms with van der Waals surface area (Å²) in [6.45, 7) is 1.78. The number of aromatic nitrogens is 5. The summed E-state index contributed by atoms with van der Waals surface area (Å²) in [5.74, 6) is -0.127. The number of amidine groups is 1. The second kappa shape index (κ2) is 4.61. The number of nitrogens with two attached hydrogens (primary N) is 1. The molecule has 0 radical (unpaired) electrons. The molecule has 2 aromatic rings. The SMILES string of the molecule is Cc1cc(C(=N)N)nc(Sc2n[nH]c(=O)n2C)n1. The van der Waals surface area contributed by atoms with Crippen molar-refractivity contribution in [2.75, 3.05) is 0 Å². The molecule has 8 nitrogen and oxygen atoms in total. The molecule has 94 valence electrons. The van der Waals surface area contributed by atoms with Gasteiger partial charge in [-0.15, -0.1) is 5.10 Å². The van der Waals surface area contributed by atoms with Crippen LogP contribution in [-0.4, -0.2) is 30.6 Å². The maximum absolute atomic E-state index is 11.2. The molecule has 0 bridgehead atoms. The molecule has 2 heterocycles. The van der Waals surface area contributed by atoms with Crippen LogP contribution >= 0.6 is 11.8 Å². The fraction of sp³-hybridized carbons (Fsp3) is 0.222. The van der Waals surface area contributed by atoms with Crippen molar-refractivity contribution < 1.29 is 0 Å². The molecular weight excluding hydrogens is 254 g/mol. The van der Waals surface area contributed by atoms with Crippen molar-refractivity contribution in [2.45, 2.75) is 17.2 Å². The van der Waals surface area contributed by atoms with Crippen LogP contribution in [0.1, 0.15) is 11.4 Å². The number of hydrogen-bond donors (Lipinski definition) is 3. The van der Waals surface area contributed by atoms with Gasteiger partial charge in [0.05, 0.1) is 0 Å². The molecule has 0 amide bonds. The van der Waals surface area contributed by atoms with E-state index in [2.05, 4.69) is 20.2 Å². The predicted molar refractivity (Wildman–Crippen MR) is 65.7 cm³/mol. The van der Waals surface area contributed by atoms with Gasteiger partial charge in [-0.25, -0.2) is 19.9 Å². The van der Waals surface area contributed by atoms with E-state index >= 15 is 0 Å². The topological polar surface area (TPSA) is 126 Å². The minimum Gasteiger partial charge on any atom is -0.382 e. The molecule has 0 fully saturated rings. The van der Waals surface area contributed by atoms with E-state index < -0.39 is 0 Å². The molecule has 2 rings (SSSR count). The second-order valence-electron chi connectivity index (χ2n) is 3.56. The summed E-state index contributed by atoms with van der Waals surface area (Å²) in [4.78, 5) is 19.5. The van der Waals surface area contributed by atoms with Crippen molar-refractivity contribution in [3.8, 4) is 0 Å². The summed E-state index contributed by atoms with van der Waals surface area (Å²) >= 11 is 1.13. The third kappa shape index (κ3) is 2.40. The fourth-order valence-electron chi connectivity index (χ4n) is 1.23. The summed E-state index contributed by atoms with van der Waals surface area (Å²) in [5, 5.41) is 14.4. The average Bonchev–Trinajstić information content (AvgIpc) is 2.60. The highest BCUT2D eigenvalue weighted by Crippen LogP contribution is 2.21. The second-order valence-corrected chi connectivity index (χ2v) is 4.50. The first-order valence-corrected chi connectivity index (χ1v) is 5.78. The third-order valence-corrected chi connectivity index (χ3v) is 3.04. The zero-order chi connectivity index (χ0) is 13.3. The minimum absolute atomic E-state index is 0.127. The first kappa shape index (κ1) is 12.3. The Morgan fingerprint density at radius 1 is 1.56 bits per heavy atom. The van der Waals surface area contributed by atoms with Crippen molar-refractivity contribution in [1.29, 1.82) is 5.41 Å². The largest absolute Gasteiger partial charge is 0.382 e. The van der Waals surface area contributed by atoms with Crippen molar-refractivity contribution in [2.24, 2.45) is 12.8 Å². The molecular formula is C9H11N7OS. The van der Waals surface area contributed by atoms with Gasteiger partial charge in [0, 0.05) is 12.7 Å². The van der Waals surface area contributed by atoms with E-state index in [1.54, 1.807) is 20.0 Å². The number of nitrogen functional groups attached to an aromatic ring is 1. The van der Waals surface area contributed by atoms with Crippen LogP contribution in [0.3, 0.4) is 0 Å². The maximum atomic E-state index is 11.2. The van der Waals surface area contributed by atoms with E-state index in [1.807, 2.05) is 0 Å². The number of nitrogens with zero attached hydrogens (tertiary/aromatic N) is 4. The van der Waals surface area contributed by atoms with Gasteiger partial charge in [-0.2, -0.15) is 0 Å². The van der Waals surface area contributed by atoms with E-state index in [4.69, 9.17) is 11.1 Å². The molecule has 4 N–H and O–H groups in total. The highest BCUT2D eigenvalue weighted by Gasteiger charge is 2.11. The van der Waals surface area contributed by atoms with Gasteiger partial charge in [-0.05, 0) is 24.8 Å². The lowest BCUT2D eigenvalue weighted by atomic mass is 10.3. The van der Waals surface area contributed by atoms with Crippen LogP contribution in [0.5, 0.6) is 0 Å². The maximum Gasteiger partial charge on any atom is 0.343 e. The molecule has 0 aliphatic heterocycles. The van der Waals surface area contributed by atoms with E-state index in [1.165, 1.54) is 4.57 Å². The summed E-state index contributed by atoms with van der Waals surface area (Å²) in [7, 11) is 1.59. The summed E-state index contributed by atoms with van der Waals surface area (Å²) in [6.07, 6.45) is 0. The first-order valence-electron chi connectivity index (χ1n) is 4.96. The predicted octanol–water partition coefficient (Wildman–Crippen LogP) is -0.358. The normalized spacial score (nSPS) is 10.6. The third-order valence-electron chi connectivity index (χ3n) is 2.13. The van der Waals surface area contributed by atoms with Gasteiger partial charge in [0.15, 0.2) is 10.3 Å². The summed E-state index contributed by atoms with van der Waals surface area (Å²) in [6, 6.07) is 1.62. The zero-order valence-electron chi connectivity index (χ0n) is 9.76. The monoisotopic (exact) mass is 265 g/mol. The van der Waals surface area contributed by atoms with Crippen LogP contribution in [0.2, 0.25) is 0 Å². The molecule has 9 heteroatoms. The van der Waals surface area contributed by atoms with Gasteiger partial charge in [0.1, 0.15) is 11.5 Å². The number of H-pyrrole nitrogens is 1. The Bertz CT molecular complexity index is 659. The van der Waals surface area contributed by atoms with Crippen molar-refractivity contribution in [3.63, 3.8) is 0 Å². The van der Waals surface area contributed by atoms with Crippen molar-refractivity contribution >= 4 is 17.6 Å². The Hall–Kier alpha value is -2.16. The Kier molecular flexibility index (Phi) is 3.15. The lowest BCUT2D eigenvalue weighted by molar-refractivity contribution is 0.761. The van der Waals surface area contributed by atoms with Gasteiger partial charge in [0.2, 0.25) is 0 Å². The number of aromatic amines is 1. The quantitative estimate of drug-likeness (QED) is 0.395. The average molecular weight is 265 g/mol. The van der Waals surface area contributed by atoms with Gasteiger partial charge in [-0.3, -0.25) is 9.98 Å². The molecule has 0 spiro atoms. The molecule has 0 unspecified atom stereocenters. The molecule has 0 aliphatic carbocycles. The van der Waals surface area contributed by atoms with Crippen LogP contribution in [-0.2, 0) is 7.05 Å². The fourth-order valence-corrected chi connectivity index (χ4v) is 2.04.